The molecule has 3 rings (SSSR count). The first kappa shape index (κ1) is 13.5. The van der Waals surface area contributed by atoms with Crippen molar-refractivity contribution in [1.82, 2.24) is 0 Å². The Morgan fingerprint density at radius 3 is 2.55 bits per heavy atom. The third-order valence-electron chi connectivity index (χ3n) is 4.65. The minimum absolute atomic E-state index is 0.0796. The van der Waals surface area contributed by atoms with Gasteiger partial charge in [-0.25, -0.2) is 13.6 Å². The average molecular weight is 280 g/mol. The fourth-order valence-corrected chi connectivity index (χ4v) is 3.58. The van der Waals surface area contributed by atoms with Crippen LogP contribution >= 0.6 is 0 Å². The quantitative estimate of drug-likeness (QED) is 0.883. The highest BCUT2D eigenvalue weighted by atomic mass is 19.3. The molecule has 0 heterocycles. The van der Waals surface area contributed by atoms with Crippen LogP contribution in [-0.2, 0) is 12.8 Å². The number of carboxylic acid groups (broad SMARTS) is 1. The van der Waals surface area contributed by atoms with Crippen LogP contribution in [0.15, 0.2) is 12.1 Å². The lowest BCUT2D eigenvalue weighted by Gasteiger charge is -2.30. The van der Waals surface area contributed by atoms with Gasteiger partial charge in [0.05, 0.1) is 5.56 Å². The van der Waals surface area contributed by atoms with Crippen molar-refractivity contribution in [1.29, 1.82) is 0 Å². The zero-order chi connectivity index (χ0) is 14.3. The van der Waals surface area contributed by atoms with Crippen molar-refractivity contribution in [3.05, 3.63) is 34.4 Å². The molecule has 0 amide bonds. The van der Waals surface area contributed by atoms with Crippen molar-refractivity contribution in [2.24, 2.45) is 0 Å². The highest BCUT2D eigenvalue weighted by Gasteiger charge is 2.36. The van der Waals surface area contributed by atoms with Gasteiger partial charge in [-0.2, -0.15) is 0 Å². The maximum Gasteiger partial charge on any atom is 0.335 e. The molecule has 4 heteroatoms. The fourth-order valence-electron chi connectivity index (χ4n) is 3.58. The summed E-state index contributed by atoms with van der Waals surface area (Å²) in [6.45, 7) is 0. The molecular formula is C16H18F2O2. The van der Waals surface area contributed by atoms with Gasteiger partial charge in [-0.1, -0.05) is 0 Å². The predicted molar refractivity (Wildman–Crippen MR) is 71.6 cm³/mol. The number of hydrogen-bond acceptors (Lipinski definition) is 1. The summed E-state index contributed by atoms with van der Waals surface area (Å²) >= 11 is 0. The summed E-state index contributed by atoms with van der Waals surface area (Å²) in [5.74, 6) is -3.37. The molecule has 1 aromatic rings. The standard InChI is InChI=1S/C16H18F2O2/c17-16(18)6-4-10(5-7-16)14-9-12(15(19)20)8-11-2-1-3-13(11)14/h8-10H,1-7H2,(H,19,20). The van der Waals surface area contributed by atoms with Gasteiger partial charge in [-0.3, -0.25) is 0 Å². The van der Waals surface area contributed by atoms with Gasteiger partial charge in [-0.05, 0) is 66.8 Å². The molecule has 0 unspecified atom stereocenters. The van der Waals surface area contributed by atoms with E-state index in [1.54, 1.807) is 12.1 Å². The predicted octanol–water partition coefficient (Wildman–Crippen LogP) is 4.17. The summed E-state index contributed by atoms with van der Waals surface area (Å²) in [6.07, 6.45) is 3.66. The highest BCUT2D eigenvalue weighted by molar-refractivity contribution is 5.88. The molecule has 1 fully saturated rings. The lowest BCUT2D eigenvalue weighted by Crippen LogP contribution is -2.24. The van der Waals surface area contributed by atoms with E-state index in [9.17, 15) is 18.7 Å². The second kappa shape index (κ2) is 4.83. The molecule has 2 nitrogen and oxygen atoms in total. The van der Waals surface area contributed by atoms with Crippen molar-refractivity contribution in [2.45, 2.75) is 56.8 Å². The molecule has 2 aliphatic carbocycles. The van der Waals surface area contributed by atoms with Crippen LogP contribution in [0.25, 0.3) is 0 Å². The minimum Gasteiger partial charge on any atom is -0.478 e. The molecule has 1 N–H and O–H groups in total. The Bertz CT molecular complexity index is 542. The molecule has 0 bridgehead atoms. The number of fused-ring (bicyclic) bond motifs is 1. The SMILES string of the molecule is O=C(O)c1cc2c(c(C3CCC(F)(F)CC3)c1)CCC2. The molecule has 20 heavy (non-hydrogen) atoms. The smallest absolute Gasteiger partial charge is 0.335 e. The highest BCUT2D eigenvalue weighted by Crippen LogP contribution is 2.43. The van der Waals surface area contributed by atoms with Crippen molar-refractivity contribution < 1.29 is 18.7 Å². The number of alkyl halides is 2. The summed E-state index contributed by atoms with van der Waals surface area (Å²) < 4.78 is 26.6. The summed E-state index contributed by atoms with van der Waals surface area (Å²) in [7, 11) is 0. The van der Waals surface area contributed by atoms with E-state index in [1.165, 1.54) is 5.56 Å². The summed E-state index contributed by atoms with van der Waals surface area (Å²) in [5.41, 5.74) is 3.66. The second-order valence-electron chi connectivity index (χ2n) is 5.99. The minimum atomic E-state index is -2.54. The summed E-state index contributed by atoms with van der Waals surface area (Å²) in [4.78, 5) is 11.2. The van der Waals surface area contributed by atoms with Gasteiger partial charge in [0.1, 0.15) is 0 Å². The van der Waals surface area contributed by atoms with Gasteiger partial charge < -0.3 is 5.11 Å². The van der Waals surface area contributed by atoms with Gasteiger partial charge in [-0.15, -0.1) is 0 Å². The molecule has 2 aliphatic rings. The number of hydrogen-bond donors (Lipinski definition) is 1. The summed E-state index contributed by atoms with van der Waals surface area (Å²) in [6, 6.07) is 3.48. The van der Waals surface area contributed by atoms with Crippen LogP contribution in [-0.4, -0.2) is 17.0 Å². The molecule has 0 spiro atoms. The molecule has 0 aromatic heterocycles. The van der Waals surface area contributed by atoms with Gasteiger partial charge in [0.15, 0.2) is 0 Å². The van der Waals surface area contributed by atoms with Gasteiger partial charge in [0, 0.05) is 12.8 Å². The topological polar surface area (TPSA) is 37.3 Å². The van der Waals surface area contributed by atoms with E-state index in [1.807, 2.05) is 0 Å². The molecule has 0 atom stereocenters. The maximum atomic E-state index is 13.3. The molecule has 0 radical (unpaired) electrons. The van der Waals surface area contributed by atoms with Crippen LogP contribution < -0.4 is 0 Å². The van der Waals surface area contributed by atoms with Crippen molar-refractivity contribution >= 4 is 5.97 Å². The first-order chi connectivity index (χ1) is 9.46. The zero-order valence-electron chi connectivity index (χ0n) is 11.3. The first-order valence-electron chi connectivity index (χ1n) is 7.23. The number of rotatable bonds is 2. The Hall–Kier alpha value is -1.45. The molecule has 1 saturated carbocycles. The number of aryl methyl sites for hydroxylation is 1. The van der Waals surface area contributed by atoms with E-state index in [-0.39, 0.29) is 18.8 Å². The van der Waals surface area contributed by atoms with Crippen LogP contribution in [0, 0.1) is 0 Å². The Labute approximate surface area is 116 Å². The van der Waals surface area contributed by atoms with Crippen molar-refractivity contribution in [2.75, 3.05) is 0 Å². The maximum absolute atomic E-state index is 13.3. The molecule has 108 valence electrons. The Morgan fingerprint density at radius 1 is 1.20 bits per heavy atom. The lowest BCUT2D eigenvalue weighted by atomic mass is 9.79. The number of carboxylic acids is 1. The van der Waals surface area contributed by atoms with E-state index in [4.69, 9.17) is 0 Å². The lowest BCUT2D eigenvalue weighted by molar-refractivity contribution is -0.0382. The fraction of sp³-hybridized carbons (Fsp3) is 0.562. The van der Waals surface area contributed by atoms with E-state index in [0.29, 0.717) is 18.4 Å². The number of benzene rings is 1. The Kier molecular flexibility index (Phi) is 3.27. The van der Waals surface area contributed by atoms with E-state index >= 15 is 0 Å². The van der Waals surface area contributed by atoms with E-state index in [0.717, 1.165) is 30.4 Å². The number of carbonyl (C=O) groups is 1. The largest absolute Gasteiger partial charge is 0.478 e. The molecule has 0 saturated heterocycles. The summed E-state index contributed by atoms with van der Waals surface area (Å²) in [5, 5.41) is 9.20. The van der Waals surface area contributed by atoms with Crippen LogP contribution in [0.2, 0.25) is 0 Å². The first-order valence-corrected chi connectivity index (χ1v) is 7.23. The van der Waals surface area contributed by atoms with Crippen LogP contribution in [0.1, 0.15) is 65.1 Å². The molecule has 1 aromatic carbocycles. The number of aromatic carboxylic acids is 1. The second-order valence-corrected chi connectivity index (χ2v) is 5.99. The Morgan fingerprint density at radius 2 is 1.90 bits per heavy atom. The van der Waals surface area contributed by atoms with Crippen LogP contribution in [0.4, 0.5) is 8.78 Å². The molecule has 0 aliphatic heterocycles. The van der Waals surface area contributed by atoms with Crippen LogP contribution in [0.5, 0.6) is 0 Å². The monoisotopic (exact) mass is 280 g/mol. The van der Waals surface area contributed by atoms with Crippen LogP contribution in [0.3, 0.4) is 0 Å². The van der Waals surface area contributed by atoms with E-state index < -0.39 is 11.9 Å². The Balaban J connectivity index is 1.95. The average Bonchev–Trinajstić information content (AvgIpc) is 2.85. The third-order valence-corrected chi connectivity index (χ3v) is 4.65. The zero-order valence-corrected chi connectivity index (χ0v) is 11.3. The number of halogens is 2. The third kappa shape index (κ3) is 2.43. The molecular weight excluding hydrogens is 262 g/mol. The van der Waals surface area contributed by atoms with Gasteiger partial charge in [0.2, 0.25) is 5.92 Å². The van der Waals surface area contributed by atoms with Gasteiger partial charge in [0.25, 0.3) is 0 Å². The van der Waals surface area contributed by atoms with Crippen molar-refractivity contribution in [3.8, 4) is 0 Å². The normalized spacial score (nSPS) is 21.7. The van der Waals surface area contributed by atoms with E-state index in [2.05, 4.69) is 0 Å². The van der Waals surface area contributed by atoms with Gasteiger partial charge >= 0.3 is 5.97 Å². The van der Waals surface area contributed by atoms with Crippen molar-refractivity contribution in [3.63, 3.8) is 0 Å².